The Labute approximate surface area is 39.2 Å². The Balaban J connectivity index is 2.94. The molecule has 0 fully saturated rings. The first-order chi connectivity index (χ1) is 2.91. The van der Waals surface area contributed by atoms with Gasteiger partial charge in [-0.15, -0.1) is 0 Å². The highest BCUT2D eigenvalue weighted by atomic mass is 13.6. The lowest BCUT2D eigenvalue weighted by Gasteiger charge is -1.67. The van der Waals surface area contributed by atoms with Gasteiger partial charge in [-0.05, 0) is 6.42 Å². The highest BCUT2D eigenvalue weighted by molar-refractivity contribution is 4.96. The lowest BCUT2D eigenvalue weighted by atomic mass is 10.4. The lowest BCUT2D eigenvalue weighted by Crippen LogP contribution is -1.46. The van der Waals surface area contributed by atoms with Gasteiger partial charge in [0.15, 0.2) is 0 Å². The first-order valence-electron chi connectivity index (χ1n) is 2.19. The molecule has 0 aromatic rings. The van der Waals surface area contributed by atoms with E-state index in [-0.39, 0.29) is 0 Å². The molecule has 34 valence electrons. The summed E-state index contributed by atoms with van der Waals surface area (Å²) in [6.45, 7) is 5.61. The van der Waals surface area contributed by atoms with Crippen LogP contribution in [0.4, 0.5) is 0 Å². The molecule has 0 radical (unpaired) electrons. The van der Waals surface area contributed by atoms with E-state index in [0.29, 0.717) is 0 Å². The third-order valence-electron chi connectivity index (χ3n) is 0.508. The average Bonchev–Trinajstić information content (AvgIpc) is 1.61. The molecule has 0 saturated carbocycles. The van der Waals surface area contributed by atoms with Crippen LogP contribution < -0.4 is 0 Å². The van der Waals surface area contributed by atoms with Crippen LogP contribution in [0.15, 0.2) is 24.8 Å². The highest BCUT2D eigenvalue weighted by Crippen LogP contribution is 1.76. The van der Waals surface area contributed by atoms with Crippen molar-refractivity contribution in [3.8, 4) is 0 Å². The van der Waals surface area contributed by atoms with Crippen molar-refractivity contribution < 1.29 is 0 Å². The first kappa shape index (κ1) is 5.48. The molecule has 0 heterocycles. The summed E-state index contributed by atoms with van der Waals surface area (Å²) in [6.07, 6.45) is 6.89. The molecule has 0 heteroatoms. The molecular formula is C6H10. The van der Waals surface area contributed by atoms with Crippen molar-refractivity contribution in [3.63, 3.8) is 0 Å². The van der Waals surface area contributed by atoms with E-state index in [9.17, 15) is 0 Å². The number of rotatable bonds is 2. The van der Waals surface area contributed by atoms with Crippen LogP contribution in [0.1, 0.15) is 13.3 Å². The Hall–Kier alpha value is -0.520. The Morgan fingerprint density at radius 2 is 2.33 bits per heavy atom. The maximum atomic E-state index is 3.51. The van der Waals surface area contributed by atoms with Crippen molar-refractivity contribution in [1.82, 2.24) is 0 Å². The van der Waals surface area contributed by atoms with E-state index >= 15 is 0 Å². The van der Waals surface area contributed by atoms with Gasteiger partial charge in [0.1, 0.15) is 0 Å². The van der Waals surface area contributed by atoms with E-state index in [1.165, 1.54) is 0 Å². The summed E-state index contributed by atoms with van der Waals surface area (Å²) >= 11 is 0. The third-order valence-corrected chi connectivity index (χ3v) is 0.508. The zero-order valence-corrected chi connectivity index (χ0v) is 4.15. The normalized spacial score (nSPS) is 9.50. The minimum atomic E-state index is 1.10. The van der Waals surface area contributed by atoms with Crippen LogP contribution >= 0.6 is 0 Å². The topological polar surface area (TPSA) is 0 Å². The fraction of sp³-hybridized carbons (Fsp3) is 0.333. The molecule has 0 nitrogen and oxygen atoms in total. The van der Waals surface area contributed by atoms with E-state index in [4.69, 9.17) is 0 Å². The van der Waals surface area contributed by atoms with Crippen molar-refractivity contribution in [2.45, 2.75) is 13.3 Å². The van der Waals surface area contributed by atoms with Crippen LogP contribution in [0.3, 0.4) is 0 Å². The molecule has 0 aromatic heterocycles. The molecule has 0 aliphatic rings. The van der Waals surface area contributed by atoms with E-state index < -0.39 is 0 Å². The second kappa shape index (κ2) is 4.48. The molecule has 0 aliphatic carbocycles. The SMILES string of the molecule is C=C/C=C\CC. The van der Waals surface area contributed by atoms with Gasteiger partial charge >= 0.3 is 0 Å². The fourth-order valence-electron chi connectivity index (χ4n) is 0.232. The smallest absolute Gasteiger partial charge is 0.0376 e. The van der Waals surface area contributed by atoms with E-state index in [2.05, 4.69) is 19.6 Å². The van der Waals surface area contributed by atoms with Crippen LogP contribution in [-0.2, 0) is 0 Å². The van der Waals surface area contributed by atoms with Gasteiger partial charge in [-0.1, -0.05) is 31.7 Å². The highest BCUT2D eigenvalue weighted by Gasteiger charge is 1.55. The number of allylic oxidation sites excluding steroid dienone is 3. The molecule has 0 N–H and O–H groups in total. The summed E-state index contributed by atoms with van der Waals surface area (Å²) in [4.78, 5) is 0. The van der Waals surface area contributed by atoms with E-state index in [1.807, 2.05) is 6.08 Å². The molecule has 0 spiro atoms. The summed E-state index contributed by atoms with van der Waals surface area (Å²) in [5, 5.41) is 0. The Bertz CT molecular complexity index is 51.1. The van der Waals surface area contributed by atoms with Gasteiger partial charge in [0.25, 0.3) is 0 Å². The Kier molecular flexibility index (Phi) is 4.09. The molecule has 0 amide bonds. The predicted molar refractivity (Wildman–Crippen MR) is 29.6 cm³/mol. The molecule has 0 aromatic carbocycles. The summed E-state index contributed by atoms with van der Waals surface area (Å²) < 4.78 is 0. The molecule has 0 rings (SSSR count). The first-order valence-corrected chi connectivity index (χ1v) is 2.19. The Morgan fingerprint density at radius 3 is 2.50 bits per heavy atom. The van der Waals surface area contributed by atoms with E-state index in [0.717, 1.165) is 6.42 Å². The van der Waals surface area contributed by atoms with Crippen LogP contribution in [0, 0.1) is 0 Å². The minimum Gasteiger partial charge on any atom is -0.0991 e. The van der Waals surface area contributed by atoms with Crippen LogP contribution in [0.25, 0.3) is 0 Å². The second-order valence-electron chi connectivity index (χ2n) is 1.07. The largest absolute Gasteiger partial charge is 0.0991 e. The maximum absolute atomic E-state index is 3.51. The quantitative estimate of drug-likeness (QED) is 0.448. The zero-order chi connectivity index (χ0) is 4.83. The number of hydrogen-bond acceptors (Lipinski definition) is 0. The van der Waals surface area contributed by atoms with Crippen LogP contribution in [0.2, 0.25) is 0 Å². The van der Waals surface area contributed by atoms with Crippen molar-refractivity contribution in [2.75, 3.05) is 0 Å². The lowest BCUT2D eigenvalue weighted by molar-refractivity contribution is 1.22. The zero-order valence-electron chi connectivity index (χ0n) is 4.15. The maximum Gasteiger partial charge on any atom is -0.0376 e. The predicted octanol–water partition coefficient (Wildman–Crippen LogP) is 2.14. The molecule has 6 heavy (non-hydrogen) atoms. The van der Waals surface area contributed by atoms with Gasteiger partial charge in [-0.25, -0.2) is 0 Å². The van der Waals surface area contributed by atoms with Crippen LogP contribution in [-0.4, -0.2) is 0 Å². The fourth-order valence-corrected chi connectivity index (χ4v) is 0.232. The molecule has 0 bridgehead atoms. The summed E-state index contributed by atoms with van der Waals surface area (Å²) in [5.41, 5.74) is 0. The Morgan fingerprint density at radius 1 is 1.67 bits per heavy atom. The van der Waals surface area contributed by atoms with Crippen molar-refractivity contribution in [3.05, 3.63) is 24.8 Å². The van der Waals surface area contributed by atoms with Crippen molar-refractivity contribution in [1.29, 1.82) is 0 Å². The van der Waals surface area contributed by atoms with Gasteiger partial charge in [0, 0.05) is 0 Å². The summed E-state index contributed by atoms with van der Waals surface area (Å²) in [6, 6.07) is 0. The molecule has 0 saturated heterocycles. The number of hydrogen-bond donors (Lipinski definition) is 0. The molecule has 0 atom stereocenters. The van der Waals surface area contributed by atoms with Gasteiger partial charge in [0.05, 0.1) is 0 Å². The third kappa shape index (κ3) is 3.48. The van der Waals surface area contributed by atoms with Crippen LogP contribution in [0.5, 0.6) is 0 Å². The minimum absolute atomic E-state index is 1.10. The van der Waals surface area contributed by atoms with Crippen molar-refractivity contribution in [2.24, 2.45) is 0 Å². The summed E-state index contributed by atoms with van der Waals surface area (Å²) in [5.74, 6) is 0. The van der Waals surface area contributed by atoms with E-state index in [1.54, 1.807) is 6.08 Å². The van der Waals surface area contributed by atoms with Gasteiger partial charge in [-0.3, -0.25) is 0 Å². The molecular weight excluding hydrogens is 72.1 g/mol. The van der Waals surface area contributed by atoms with Gasteiger partial charge < -0.3 is 0 Å². The standard InChI is InChI=1S/C6H10/c1-3-5-6-4-2/h3,5-6H,1,4H2,2H3/b6-5-. The molecule has 0 aliphatic heterocycles. The second-order valence-corrected chi connectivity index (χ2v) is 1.07. The average molecular weight is 82.1 g/mol. The van der Waals surface area contributed by atoms with Gasteiger partial charge in [0.2, 0.25) is 0 Å². The summed E-state index contributed by atoms with van der Waals surface area (Å²) in [7, 11) is 0. The van der Waals surface area contributed by atoms with Gasteiger partial charge in [-0.2, -0.15) is 0 Å². The monoisotopic (exact) mass is 82.1 g/mol. The van der Waals surface area contributed by atoms with Crippen molar-refractivity contribution >= 4 is 0 Å². The molecule has 0 unspecified atom stereocenters.